The fourth-order valence-corrected chi connectivity index (χ4v) is 13.4. The van der Waals surface area contributed by atoms with E-state index in [1.54, 1.807) is 30.6 Å². The van der Waals surface area contributed by atoms with Crippen molar-refractivity contribution in [2.24, 2.45) is 0 Å². The largest absolute Gasteiger partial charge is 0.378 e. The summed E-state index contributed by atoms with van der Waals surface area (Å²) in [6.45, 7) is 18.8. The van der Waals surface area contributed by atoms with Crippen LogP contribution in [0.2, 0.25) is 5.02 Å². The molecule has 0 radical (unpaired) electrons. The van der Waals surface area contributed by atoms with Gasteiger partial charge in [-0.05, 0) is 234 Å². The Balaban J connectivity index is 0.000000170. The number of amides is 9. The molecule has 4 saturated heterocycles. The van der Waals surface area contributed by atoms with E-state index in [0.717, 1.165) is 103 Å². The van der Waals surface area contributed by atoms with Crippen molar-refractivity contribution in [2.75, 3.05) is 86.4 Å². The Bertz CT molecular complexity index is 4360. The summed E-state index contributed by atoms with van der Waals surface area (Å²) >= 11 is 5.98. The van der Waals surface area contributed by atoms with Crippen molar-refractivity contribution in [1.29, 1.82) is 10.5 Å². The monoisotopic (exact) mass is 1420 g/mol. The molecule has 2 aromatic heterocycles. The summed E-state index contributed by atoms with van der Waals surface area (Å²) in [6, 6.07) is 52.5. The summed E-state index contributed by atoms with van der Waals surface area (Å²) in [6.07, 6.45) is 8.75. The number of aromatic nitrogens is 2. The maximum absolute atomic E-state index is 13.3. The second-order valence-electron chi connectivity index (χ2n) is 27.1. The van der Waals surface area contributed by atoms with E-state index in [2.05, 4.69) is 71.0 Å². The van der Waals surface area contributed by atoms with Crippen molar-refractivity contribution in [3.63, 3.8) is 0 Å². The van der Waals surface area contributed by atoms with Gasteiger partial charge in [-0.25, -0.2) is 19.4 Å². The lowest BCUT2D eigenvalue weighted by Gasteiger charge is -2.32. The molecule has 6 heterocycles. The number of benzene rings is 6. The van der Waals surface area contributed by atoms with Gasteiger partial charge in [-0.15, -0.1) is 0 Å². The van der Waals surface area contributed by atoms with Crippen molar-refractivity contribution in [3.05, 3.63) is 248 Å². The Labute approximate surface area is 614 Å². The van der Waals surface area contributed by atoms with Gasteiger partial charge in [-0.3, -0.25) is 19.4 Å². The minimum Gasteiger partial charge on any atom is -0.378 e. The molecule has 9 amide bonds. The fourth-order valence-electron chi connectivity index (χ4n) is 13.2. The average molecular weight is 1420 g/mol. The molecular formula is C82H91ClN14O7. The first-order valence-electron chi connectivity index (χ1n) is 35.6. The lowest BCUT2D eigenvalue weighted by Crippen LogP contribution is -2.38. The number of pyridine rings is 2. The number of aryl methyl sites for hydroxylation is 3. The SMILES string of the molecule is Cc1ccc(C(=O)N2CCC(c3ccc(C#N)cc3)CC2)cc1NC(=O)NC(C)c1ccncc1.Cc1ccc(C(=O)N2CCC(c3ccc(C#N)cc3)CC2)cc1NC(=O)NCc1cccc(N2CCOCC2)n1.Cc1ccc(C(=O)N2CCC(c3ccc(Cl)cc3)CC2)cc1NC(=O)NC(C)C. The van der Waals surface area contributed by atoms with Gasteiger partial charge >= 0.3 is 18.1 Å². The number of nitrogens with zero attached hydrogens (tertiary/aromatic N) is 8. The van der Waals surface area contributed by atoms with Gasteiger partial charge in [0.25, 0.3) is 17.7 Å². The number of urea groups is 3. The van der Waals surface area contributed by atoms with Gasteiger partial charge in [0.05, 0.1) is 54.8 Å². The zero-order chi connectivity index (χ0) is 73.7. The van der Waals surface area contributed by atoms with Crippen LogP contribution in [0, 0.1) is 43.4 Å². The highest BCUT2D eigenvalue weighted by Crippen LogP contribution is 2.34. The maximum atomic E-state index is 13.3. The molecule has 4 fully saturated rings. The Morgan fingerprint density at radius 3 is 1.30 bits per heavy atom. The third-order valence-electron chi connectivity index (χ3n) is 19.4. The second-order valence-corrected chi connectivity index (χ2v) is 27.5. The Morgan fingerprint density at radius 1 is 0.500 bits per heavy atom. The zero-order valence-electron chi connectivity index (χ0n) is 59.9. The van der Waals surface area contributed by atoms with Crippen LogP contribution >= 0.6 is 11.6 Å². The van der Waals surface area contributed by atoms with Gasteiger partial charge < -0.3 is 56.2 Å². The van der Waals surface area contributed by atoms with Crippen LogP contribution in [-0.4, -0.2) is 132 Å². The molecule has 21 nitrogen and oxygen atoms in total. The molecular weight excluding hydrogens is 1330 g/mol. The highest BCUT2D eigenvalue weighted by atomic mass is 35.5. The van der Waals surface area contributed by atoms with Crippen molar-refractivity contribution in [1.82, 2.24) is 40.6 Å². The van der Waals surface area contributed by atoms with Crippen molar-refractivity contribution in [2.45, 2.75) is 116 Å². The van der Waals surface area contributed by atoms with Gasteiger partial charge in [-0.1, -0.05) is 72.3 Å². The van der Waals surface area contributed by atoms with E-state index >= 15 is 0 Å². The van der Waals surface area contributed by atoms with Crippen LogP contribution in [0.3, 0.4) is 0 Å². The first-order valence-corrected chi connectivity index (χ1v) is 36.0. The number of ether oxygens (including phenoxy) is 1. The quantitative estimate of drug-likeness (QED) is 0.0559. The lowest BCUT2D eigenvalue weighted by atomic mass is 9.89. The predicted molar refractivity (Wildman–Crippen MR) is 406 cm³/mol. The number of morpholine rings is 1. The molecule has 1 unspecified atom stereocenters. The average Bonchev–Trinajstić information content (AvgIpc) is 0.830. The van der Waals surface area contributed by atoms with Crippen LogP contribution in [0.5, 0.6) is 0 Å². The molecule has 0 bridgehead atoms. The summed E-state index contributed by atoms with van der Waals surface area (Å²) in [7, 11) is 0. The summed E-state index contributed by atoms with van der Waals surface area (Å²) in [5, 5.41) is 36.0. The van der Waals surface area contributed by atoms with Crippen LogP contribution in [-0.2, 0) is 11.3 Å². The summed E-state index contributed by atoms with van der Waals surface area (Å²) in [5.41, 5.74) is 13.0. The molecule has 0 aliphatic carbocycles. The fraction of sp³-hybridized carbons (Fsp3) is 0.341. The lowest BCUT2D eigenvalue weighted by molar-refractivity contribution is 0.0705. The molecule has 6 N–H and O–H groups in total. The molecule has 6 aromatic carbocycles. The number of nitriles is 2. The van der Waals surface area contributed by atoms with Gasteiger partial charge in [0.2, 0.25) is 0 Å². The van der Waals surface area contributed by atoms with Crippen LogP contribution < -0.4 is 36.8 Å². The minimum absolute atomic E-state index is 0.00636. The van der Waals surface area contributed by atoms with Crippen LogP contribution in [0.4, 0.5) is 37.3 Å². The van der Waals surface area contributed by atoms with E-state index in [1.165, 1.54) is 16.7 Å². The highest BCUT2D eigenvalue weighted by Gasteiger charge is 2.29. The molecule has 8 aromatic rings. The molecule has 0 saturated carbocycles. The number of likely N-dealkylation sites (tertiary alicyclic amines) is 3. The number of anilines is 4. The van der Waals surface area contributed by atoms with Crippen LogP contribution in [0.25, 0.3) is 0 Å². The summed E-state index contributed by atoms with van der Waals surface area (Å²) in [5.74, 6) is 2.03. The van der Waals surface area contributed by atoms with E-state index in [1.807, 2.05) is 184 Å². The molecule has 538 valence electrons. The molecule has 4 aliphatic rings. The smallest absolute Gasteiger partial charge is 0.319 e. The highest BCUT2D eigenvalue weighted by molar-refractivity contribution is 6.30. The second kappa shape index (κ2) is 36.7. The number of rotatable bonds is 15. The molecule has 22 heteroatoms. The van der Waals surface area contributed by atoms with E-state index in [9.17, 15) is 28.8 Å². The Kier molecular flexibility index (Phi) is 26.6. The Morgan fingerprint density at radius 2 is 0.894 bits per heavy atom. The number of carbonyl (C=O) groups is 6. The molecule has 0 spiro atoms. The number of hydrogen-bond donors (Lipinski definition) is 6. The topological polar surface area (TPSA) is 270 Å². The third-order valence-corrected chi connectivity index (χ3v) is 19.7. The van der Waals surface area contributed by atoms with Crippen molar-refractivity contribution in [3.8, 4) is 12.1 Å². The zero-order valence-corrected chi connectivity index (χ0v) is 60.6. The summed E-state index contributed by atoms with van der Waals surface area (Å²) < 4.78 is 5.41. The van der Waals surface area contributed by atoms with Crippen molar-refractivity contribution < 1.29 is 33.5 Å². The Hall–Kier alpha value is -11.1. The van der Waals surface area contributed by atoms with E-state index in [0.29, 0.717) is 102 Å². The van der Waals surface area contributed by atoms with Gasteiger partial charge in [0.15, 0.2) is 0 Å². The molecule has 12 rings (SSSR count). The molecule has 104 heavy (non-hydrogen) atoms. The van der Waals surface area contributed by atoms with Gasteiger partial charge in [0.1, 0.15) is 5.82 Å². The van der Waals surface area contributed by atoms with E-state index in [-0.39, 0.29) is 54.4 Å². The van der Waals surface area contributed by atoms with E-state index in [4.69, 9.17) is 26.9 Å². The van der Waals surface area contributed by atoms with Gasteiger partial charge in [0, 0.05) is 110 Å². The molecule has 1 atom stereocenters. The predicted octanol–water partition coefficient (Wildman–Crippen LogP) is 14.8. The first kappa shape index (κ1) is 75.5. The number of carbonyl (C=O) groups excluding carboxylic acids is 6. The standard InChI is InChI=1S/C31H34N6O3.C28H29N5O2.C23H28ClN3O2/c1-22-5-8-26(30(38)37-13-11-25(12-14-37)24-9-6-23(20-32)7-10-24)19-28(22)35-31(39)33-21-27-3-2-4-29(34-27)36-15-17-40-18-16-36;1-19-3-6-25(17-26(19)32-28(35)31-20(2)22-9-13-30-14-10-22)27(34)33-15-11-24(12-16-33)23-7-4-21(18-29)5-8-23;1-15(2)25-23(29)26-21-14-19(5-4-16(21)3)22(28)27-12-10-18(11-13-27)17-6-8-20(24)9-7-17/h2-10,19,25H,11-18,21H2,1H3,(H2,33,35,39);3-10,13-14,17,20,24H,11-12,15-16H2,1-2H3,(H2,31,32,35);4-9,14-15,18H,10-13H2,1-3H3,(H2,25,26,29). The third kappa shape index (κ3) is 21.0. The number of hydrogen-bond acceptors (Lipinski definition) is 12. The van der Waals surface area contributed by atoms with Gasteiger partial charge in [-0.2, -0.15) is 10.5 Å². The maximum Gasteiger partial charge on any atom is 0.319 e. The number of piperidine rings is 3. The molecule has 4 aliphatic heterocycles. The number of nitrogens with one attached hydrogen (secondary N) is 6. The summed E-state index contributed by atoms with van der Waals surface area (Å²) in [4.78, 5) is 93.3. The van der Waals surface area contributed by atoms with Crippen molar-refractivity contribution >= 4 is 70.3 Å². The number of halogens is 1. The van der Waals surface area contributed by atoms with Crippen LogP contribution in [0.1, 0.15) is 170 Å². The minimum atomic E-state index is -0.352. The van der Waals surface area contributed by atoms with E-state index < -0.39 is 0 Å². The normalized spacial score (nSPS) is 15.1. The first-order chi connectivity index (χ1) is 50.3. The van der Waals surface area contributed by atoms with Crippen LogP contribution in [0.15, 0.2) is 170 Å².